The van der Waals surface area contributed by atoms with E-state index in [0.717, 1.165) is 31.4 Å². The molecule has 1 aromatic carbocycles. The summed E-state index contributed by atoms with van der Waals surface area (Å²) in [5.74, 6) is 0.996. The maximum atomic E-state index is 12.8. The van der Waals surface area contributed by atoms with Crippen LogP contribution in [0.2, 0.25) is 0 Å². The third-order valence-electron chi connectivity index (χ3n) is 5.01. The van der Waals surface area contributed by atoms with Crippen LogP contribution in [-0.4, -0.2) is 17.9 Å². The first-order valence-electron chi connectivity index (χ1n) is 7.65. The molecule has 2 nitrogen and oxygen atoms in total. The van der Waals surface area contributed by atoms with Crippen LogP contribution in [0, 0.1) is 0 Å². The van der Waals surface area contributed by atoms with E-state index in [1.54, 1.807) is 0 Å². The van der Waals surface area contributed by atoms with Crippen LogP contribution >= 0.6 is 0 Å². The van der Waals surface area contributed by atoms with E-state index in [9.17, 15) is 4.79 Å². The van der Waals surface area contributed by atoms with Crippen LogP contribution in [0.4, 0.5) is 0 Å². The van der Waals surface area contributed by atoms with Crippen molar-refractivity contribution in [1.29, 1.82) is 0 Å². The molecule has 1 aliphatic heterocycles. The quantitative estimate of drug-likeness (QED) is 0.834. The normalized spacial score (nSPS) is 27.2. The standard InChI is InChI=1S/C17H23NO/c1-2-17(10-5-11-18-17)16(19)15-9-4-8-14(12-15)13-6-3-7-13/h4,8-9,12-13,18H,2-3,5-7,10-11H2,1H3. The molecule has 3 rings (SSSR count). The lowest BCUT2D eigenvalue weighted by molar-refractivity contribution is 0.0863. The maximum Gasteiger partial charge on any atom is 0.182 e. The molecule has 2 fully saturated rings. The van der Waals surface area contributed by atoms with Crippen LogP contribution in [0.15, 0.2) is 24.3 Å². The third kappa shape index (κ3) is 2.23. The molecule has 0 amide bonds. The topological polar surface area (TPSA) is 29.1 Å². The largest absolute Gasteiger partial charge is 0.305 e. The molecule has 19 heavy (non-hydrogen) atoms. The summed E-state index contributed by atoms with van der Waals surface area (Å²) in [6.07, 6.45) is 6.89. The Bertz CT molecular complexity index is 470. The summed E-state index contributed by atoms with van der Waals surface area (Å²) in [6.45, 7) is 3.09. The van der Waals surface area contributed by atoms with Crippen molar-refractivity contribution in [1.82, 2.24) is 5.32 Å². The smallest absolute Gasteiger partial charge is 0.182 e. The van der Waals surface area contributed by atoms with Crippen LogP contribution < -0.4 is 5.32 Å². The van der Waals surface area contributed by atoms with E-state index in [4.69, 9.17) is 0 Å². The molecule has 1 aromatic rings. The Morgan fingerprint density at radius 1 is 1.37 bits per heavy atom. The van der Waals surface area contributed by atoms with Gasteiger partial charge in [0.1, 0.15) is 0 Å². The van der Waals surface area contributed by atoms with E-state index in [1.165, 1.54) is 24.8 Å². The van der Waals surface area contributed by atoms with Crippen molar-refractivity contribution < 1.29 is 4.79 Å². The van der Waals surface area contributed by atoms with E-state index in [2.05, 4.69) is 30.4 Å². The monoisotopic (exact) mass is 257 g/mol. The zero-order chi connectivity index (χ0) is 13.3. The Hall–Kier alpha value is -1.15. The van der Waals surface area contributed by atoms with E-state index in [0.29, 0.717) is 11.7 Å². The van der Waals surface area contributed by atoms with Crippen LogP contribution in [0.1, 0.15) is 67.3 Å². The number of rotatable bonds is 4. The van der Waals surface area contributed by atoms with E-state index < -0.39 is 0 Å². The average Bonchev–Trinajstić information content (AvgIpc) is 2.86. The van der Waals surface area contributed by atoms with Crippen molar-refractivity contribution in [3.05, 3.63) is 35.4 Å². The van der Waals surface area contributed by atoms with Crippen molar-refractivity contribution in [3.8, 4) is 0 Å². The number of ketones is 1. The Labute approximate surface area is 115 Å². The van der Waals surface area contributed by atoms with Crippen molar-refractivity contribution in [2.24, 2.45) is 0 Å². The molecule has 0 radical (unpaired) electrons. The van der Waals surface area contributed by atoms with Crippen LogP contribution in [-0.2, 0) is 0 Å². The minimum atomic E-state index is -0.293. The molecule has 0 bridgehead atoms. The fourth-order valence-electron chi connectivity index (χ4n) is 3.41. The molecule has 2 aliphatic rings. The molecule has 1 saturated heterocycles. The summed E-state index contributed by atoms with van der Waals surface area (Å²) in [5.41, 5.74) is 1.97. The number of hydrogen-bond donors (Lipinski definition) is 1. The molecule has 1 unspecified atom stereocenters. The van der Waals surface area contributed by atoms with Gasteiger partial charge in [0.25, 0.3) is 0 Å². The van der Waals surface area contributed by atoms with Crippen molar-refractivity contribution in [2.45, 2.75) is 56.9 Å². The SMILES string of the molecule is CCC1(C(=O)c2cccc(C3CCC3)c2)CCCN1. The first kappa shape index (κ1) is 12.9. The fraction of sp³-hybridized carbons (Fsp3) is 0.588. The Morgan fingerprint density at radius 3 is 2.79 bits per heavy atom. The molecule has 0 spiro atoms. The minimum Gasteiger partial charge on any atom is -0.305 e. The van der Waals surface area contributed by atoms with Gasteiger partial charge in [-0.05, 0) is 56.2 Å². The van der Waals surface area contributed by atoms with E-state index >= 15 is 0 Å². The summed E-state index contributed by atoms with van der Waals surface area (Å²) in [7, 11) is 0. The second-order valence-electron chi connectivity index (χ2n) is 6.05. The van der Waals surface area contributed by atoms with E-state index in [-0.39, 0.29) is 5.54 Å². The lowest BCUT2D eigenvalue weighted by Crippen LogP contribution is -2.47. The van der Waals surface area contributed by atoms with E-state index in [1.807, 2.05) is 6.07 Å². The predicted molar refractivity (Wildman–Crippen MR) is 77.6 cm³/mol. The van der Waals surface area contributed by atoms with Crippen molar-refractivity contribution in [2.75, 3.05) is 6.54 Å². The van der Waals surface area contributed by atoms with Gasteiger partial charge in [0.15, 0.2) is 5.78 Å². The summed E-state index contributed by atoms with van der Waals surface area (Å²) in [5, 5.41) is 3.45. The highest BCUT2D eigenvalue weighted by molar-refractivity contribution is 6.03. The maximum absolute atomic E-state index is 12.8. The highest BCUT2D eigenvalue weighted by Gasteiger charge is 2.39. The lowest BCUT2D eigenvalue weighted by Gasteiger charge is -2.28. The van der Waals surface area contributed by atoms with Gasteiger partial charge in [-0.2, -0.15) is 0 Å². The van der Waals surface area contributed by atoms with Crippen LogP contribution in [0.25, 0.3) is 0 Å². The molecule has 2 heteroatoms. The van der Waals surface area contributed by atoms with Gasteiger partial charge in [-0.15, -0.1) is 0 Å². The van der Waals surface area contributed by atoms with Gasteiger partial charge < -0.3 is 5.32 Å². The highest BCUT2D eigenvalue weighted by Crippen LogP contribution is 2.37. The molecule has 0 aromatic heterocycles. The number of Topliss-reactive ketones (excluding diaryl/α,β-unsaturated/α-hetero) is 1. The van der Waals surface area contributed by atoms with Crippen LogP contribution in [0.3, 0.4) is 0 Å². The number of benzene rings is 1. The highest BCUT2D eigenvalue weighted by atomic mass is 16.1. The van der Waals surface area contributed by atoms with Gasteiger partial charge in [-0.25, -0.2) is 0 Å². The summed E-state index contributed by atoms with van der Waals surface area (Å²) in [6, 6.07) is 8.37. The second kappa shape index (κ2) is 5.09. The number of carbonyl (C=O) groups excluding carboxylic acids is 1. The Kier molecular flexibility index (Phi) is 3.44. The molecule has 1 aliphatic carbocycles. The van der Waals surface area contributed by atoms with Crippen molar-refractivity contribution in [3.63, 3.8) is 0 Å². The average molecular weight is 257 g/mol. The molecule has 1 heterocycles. The summed E-state index contributed by atoms with van der Waals surface area (Å²) in [4.78, 5) is 12.8. The molecule has 1 atom stereocenters. The number of carbonyl (C=O) groups is 1. The predicted octanol–water partition coefficient (Wildman–Crippen LogP) is 3.67. The third-order valence-corrected chi connectivity index (χ3v) is 5.01. The minimum absolute atomic E-state index is 0.293. The Morgan fingerprint density at radius 2 is 2.21 bits per heavy atom. The fourth-order valence-corrected chi connectivity index (χ4v) is 3.41. The number of hydrogen-bond acceptors (Lipinski definition) is 2. The van der Waals surface area contributed by atoms with Crippen LogP contribution in [0.5, 0.6) is 0 Å². The molecule has 102 valence electrons. The molecule has 1 saturated carbocycles. The van der Waals surface area contributed by atoms with Gasteiger partial charge >= 0.3 is 0 Å². The molecule has 1 N–H and O–H groups in total. The zero-order valence-electron chi connectivity index (χ0n) is 11.7. The zero-order valence-corrected chi connectivity index (χ0v) is 11.7. The van der Waals surface area contributed by atoms with Gasteiger partial charge in [-0.3, -0.25) is 4.79 Å². The van der Waals surface area contributed by atoms with Crippen molar-refractivity contribution >= 4 is 5.78 Å². The molecular formula is C17H23NO. The van der Waals surface area contributed by atoms with Gasteiger partial charge in [0.05, 0.1) is 5.54 Å². The van der Waals surface area contributed by atoms with Gasteiger partial charge in [-0.1, -0.05) is 31.5 Å². The first-order chi connectivity index (χ1) is 9.25. The second-order valence-corrected chi connectivity index (χ2v) is 6.05. The summed E-state index contributed by atoms with van der Waals surface area (Å²) >= 11 is 0. The summed E-state index contributed by atoms with van der Waals surface area (Å²) < 4.78 is 0. The lowest BCUT2D eigenvalue weighted by atomic mass is 9.78. The number of nitrogens with one attached hydrogen (secondary N) is 1. The van der Waals surface area contributed by atoms with Gasteiger partial charge in [0, 0.05) is 5.56 Å². The first-order valence-corrected chi connectivity index (χ1v) is 7.65. The van der Waals surface area contributed by atoms with Gasteiger partial charge in [0.2, 0.25) is 0 Å². The molecular weight excluding hydrogens is 234 g/mol. The Balaban J connectivity index is 1.86.